The number of carbonyl (C=O) groups excluding carboxylic acids is 2. The number of hydrogen-bond donors (Lipinski definition) is 1. The summed E-state index contributed by atoms with van der Waals surface area (Å²) in [5.74, 6) is -0.787. The van der Waals surface area contributed by atoms with Crippen LogP contribution in [-0.4, -0.2) is 23.5 Å². The third-order valence-electron chi connectivity index (χ3n) is 3.10. The molecule has 0 fully saturated rings. The number of thiazole rings is 1. The van der Waals surface area contributed by atoms with Crippen molar-refractivity contribution in [3.63, 3.8) is 0 Å². The van der Waals surface area contributed by atoms with Crippen LogP contribution in [0.3, 0.4) is 0 Å². The molecule has 122 valence electrons. The van der Waals surface area contributed by atoms with Gasteiger partial charge < -0.3 is 10.1 Å². The fraction of sp³-hybridized carbons (Fsp3) is 0.312. The Bertz CT molecular complexity index is 685. The van der Waals surface area contributed by atoms with Crippen molar-refractivity contribution >= 4 is 39.1 Å². The van der Waals surface area contributed by atoms with Crippen molar-refractivity contribution in [3.8, 4) is 0 Å². The summed E-state index contributed by atoms with van der Waals surface area (Å²) in [6.45, 7) is 3.46. The predicted molar refractivity (Wildman–Crippen MR) is 92.2 cm³/mol. The van der Waals surface area contributed by atoms with Gasteiger partial charge in [0.25, 0.3) is 5.91 Å². The summed E-state index contributed by atoms with van der Waals surface area (Å²) in [7, 11) is 0. The van der Waals surface area contributed by atoms with Crippen LogP contribution in [0.4, 0.5) is 0 Å². The van der Waals surface area contributed by atoms with E-state index in [0.29, 0.717) is 5.69 Å². The van der Waals surface area contributed by atoms with E-state index in [0.717, 1.165) is 15.0 Å². The first-order valence-corrected chi connectivity index (χ1v) is 8.73. The largest absolute Gasteiger partial charge is 0.455 e. The average Bonchev–Trinajstić information content (AvgIpc) is 2.91. The first-order chi connectivity index (χ1) is 10.9. The lowest BCUT2D eigenvalue weighted by Gasteiger charge is -2.14. The summed E-state index contributed by atoms with van der Waals surface area (Å²) in [4.78, 5) is 27.7. The van der Waals surface area contributed by atoms with Crippen molar-refractivity contribution in [1.29, 1.82) is 0 Å². The van der Waals surface area contributed by atoms with Gasteiger partial charge in [-0.05, 0) is 31.5 Å². The van der Waals surface area contributed by atoms with Crippen molar-refractivity contribution in [3.05, 3.63) is 50.4 Å². The van der Waals surface area contributed by atoms with Gasteiger partial charge in [-0.1, -0.05) is 28.1 Å². The highest BCUT2D eigenvalue weighted by molar-refractivity contribution is 9.10. The van der Waals surface area contributed by atoms with Crippen LogP contribution in [0.5, 0.6) is 0 Å². The molecule has 0 saturated heterocycles. The Balaban J connectivity index is 1.76. The molecule has 2 aromatic rings. The lowest BCUT2D eigenvalue weighted by atomic mass is 10.1. The van der Waals surface area contributed by atoms with Gasteiger partial charge >= 0.3 is 5.97 Å². The van der Waals surface area contributed by atoms with Gasteiger partial charge in [0.1, 0.15) is 0 Å². The molecule has 1 aromatic heterocycles. The monoisotopic (exact) mass is 396 g/mol. The second kappa shape index (κ2) is 8.21. The van der Waals surface area contributed by atoms with Crippen molar-refractivity contribution in [1.82, 2.24) is 10.3 Å². The summed E-state index contributed by atoms with van der Waals surface area (Å²) in [5, 5.41) is 5.50. The number of aromatic nitrogens is 1. The molecule has 2 rings (SSSR count). The van der Waals surface area contributed by atoms with Crippen LogP contribution >= 0.6 is 27.3 Å². The second-order valence-corrected chi connectivity index (χ2v) is 7.01. The molecule has 23 heavy (non-hydrogen) atoms. The summed E-state index contributed by atoms with van der Waals surface area (Å²) in [5.41, 5.74) is 1.65. The van der Waals surface area contributed by atoms with Gasteiger partial charge in [0.05, 0.1) is 23.2 Å². The molecule has 1 aromatic carbocycles. The molecule has 7 heteroatoms. The Morgan fingerprint density at radius 2 is 2.04 bits per heavy atom. The molecule has 0 spiro atoms. The van der Waals surface area contributed by atoms with Crippen LogP contribution in [0.15, 0.2) is 34.1 Å². The molecule has 0 bridgehead atoms. The number of benzene rings is 1. The highest BCUT2D eigenvalue weighted by atomic mass is 79.9. The SMILES string of the molecule is Cc1nc(CC(=O)OCC(=O)NC(C)c2ccc(Br)cc2)cs1. The second-order valence-electron chi connectivity index (χ2n) is 5.04. The van der Waals surface area contributed by atoms with E-state index in [1.54, 1.807) is 0 Å². The van der Waals surface area contributed by atoms with Gasteiger partial charge in [0.2, 0.25) is 0 Å². The molecule has 1 atom stereocenters. The molecule has 0 radical (unpaired) electrons. The van der Waals surface area contributed by atoms with Crippen LogP contribution in [0.2, 0.25) is 0 Å². The Labute approximate surface area is 147 Å². The molecule has 0 aliphatic rings. The molecule has 1 unspecified atom stereocenters. The quantitative estimate of drug-likeness (QED) is 0.761. The van der Waals surface area contributed by atoms with Gasteiger partial charge in [0, 0.05) is 9.85 Å². The summed E-state index contributed by atoms with van der Waals surface area (Å²) in [6.07, 6.45) is 0.0832. The number of ether oxygens (including phenoxy) is 1. The Morgan fingerprint density at radius 3 is 2.65 bits per heavy atom. The highest BCUT2D eigenvalue weighted by Gasteiger charge is 2.13. The Morgan fingerprint density at radius 1 is 1.35 bits per heavy atom. The fourth-order valence-corrected chi connectivity index (χ4v) is 2.83. The first kappa shape index (κ1) is 17.6. The van der Waals surface area contributed by atoms with Crippen molar-refractivity contribution in [2.24, 2.45) is 0 Å². The molecule has 5 nitrogen and oxygen atoms in total. The number of nitrogens with one attached hydrogen (secondary N) is 1. The zero-order chi connectivity index (χ0) is 16.8. The van der Waals surface area contributed by atoms with E-state index in [1.165, 1.54) is 11.3 Å². The lowest BCUT2D eigenvalue weighted by Crippen LogP contribution is -2.31. The van der Waals surface area contributed by atoms with Crippen LogP contribution in [0.1, 0.15) is 29.2 Å². The molecule has 0 aliphatic heterocycles. The van der Waals surface area contributed by atoms with E-state index < -0.39 is 5.97 Å². The highest BCUT2D eigenvalue weighted by Crippen LogP contribution is 2.16. The third-order valence-corrected chi connectivity index (χ3v) is 4.45. The number of nitrogens with zero attached hydrogens (tertiary/aromatic N) is 1. The van der Waals surface area contributed by atoms with Gasteiger partial charge in [-0.2, -0.15) is 0 Å². The normalized spacial score (nSPS) is 11.8. The zero-order valence-electron chi connectivity index (χ0n) is 12.8. The number of halogens is 1. The van der Waals surface area contributed by atoms with Crippen LogP contribution in [0, 0.1) is 6.92 Å². The fourth-order valence-electron chi connectivity index (χ4n) is 1.95. The Hall–Kier alpha value is -1.73. The van der Waals surface area contributed by atoms with Crippen LogP contribution < -0.4 is 5.32 Å². The summed E-state index contributed by atoms with van der Waals surface area (Å²) in [6, 6.07) is 7.51. The van der Waals surface area contributed by atoms with Crippen molar-refractivity contribution < 1.29 is 14.3 Å². The molecule has 1 N–H and O–H groups in total. The molecule has 1 heterocycles. The van der Waals surface area contributed by atoms with Crippen LogP contribution in [-0.2, 0) is 20.7 Å². The van der Waals surface area contributed by atoms with E-state index in [2.05, 4.69) is 26.2 Å². The van der Waals surface area contributed by atoms with Crippen LogP contribution in [0.25, 0.3) is 0 Å². The van der Waals surface area contributed by atoms with Gasteiger partial charge in [-0.25, -0.2) is 4.98 Å². The molecular formula is C16H17BrN2O3S. The maximum absolute atomic E-state index is 11.8. The summed E-state index contributed by atoms with van der Waals surface area (Å²) < 4.78 is 5.96. The maximum atomic E-state index is 11.8. The molecule has 0 aliphatic carbocycles. The van der Waals surface area contributed by atoms with Gasteiger partial charge in [-0.3, -0.25) is 9.59 Å². The number of aryl methyl sites for hydroxylation is 1. The summed E-state index contributed by atoms with van der Waals surface area (Å²) >= 11 is 4.84. The molecule has 1 amide bonds. The smallest absolute Gasteiger partial charge is 0.312 e. The molecule has 0 saturated carbocycles. The number of amides is 1. The van der Waals surface area contributed by atoms with E-state index in [4.69, 9.17) is 4.74 Å². The minimum absolute atomic E-state index is 0.0832. The first-order valence-electron chi connectivity index (χ1n) is 7.05. The zero-order valence-corrected chi connectivity index (χ0v) is 15.2. The lowest BCUT2D eigenvalue weighted by molar-refractivity contribution is -0.148. The minimum Gasteiger partial charge on any atom is -0.455 e. The van der Waals surface area contributed by atoms with Crippen molar-refractivity contribution in [2.75, 3.05) is 6.61 Å². The maximum Gasteiger partial charge on any atom is 0.312 e. The standard InChI is InChI=1S/C16H17BrN2O3S/c1-10(12-3-5-13(17)6-4-12)18-15(20)8-22-16(21)7-14-9-23-11(2)19-14/h3-6,9-10H,7-8H2,1-2H3,(H,18,20). The van der Waals surface area contributed by atoms with E-state index in [-0.39, 0.29) is 25.0 Å². The minimum atomic E-state index is -0.457. The van der Waals surface area contributed by atoms with Gasteiger partial charge in [0.15, 0.2) is 6.61 Å². The third kappa shape index (κ3) is 5.76. The average molecular weight is 397 g/mol. The number of carbonyl (C=O) groups is 2. The predicted octanol–water partition coefficient (Wildman–Crippen LogP) is 3.18. The van der Waals surface area contributed by atoms with E-state index in [1.807, 2.05) is 43.5 Å². The van der Waals surface area contributed by atoms with E-state index in [9.17, 15) is 9.59 Å². The van der Waals surface area contributed by atoms with Gasteiger partial charge in [-0.15, -0.1) is 11.3 Å². The Kier molecular flexibility index (Phi) is 6.29. The number of rotatable bonds is 6. The number of esters is 1. The van der Waals surface area contributed by atoms with Crippen molar-refractivity contribution in [2.45, 2.75) is 26.3 Å². The van der Waals surface area contributed by atoms with E-state index >= 15 is 0 Å². The topological polar surface area (TPSA) is 68.3 Å². The molecular weight excluding hydrogens is 380 g/mol. The number of hydrogen-bond acceptors (Lipinski definition) is 5.